The van der Waals surface area contributed by atoms with Gasteiger partial charge in [0.15, 0.2) is 0 Å². The standard InChI is InChI=1S/C12H22N2O3/c1-16-12(15)11-9-17-6-5-14(11)8-10-3-2-4-13-7-10/h10-11,13H,2-9H2,1H3. The number of hydrogen-bond donors (Lipinski definition) is 1. The zero-order valence-electron chi connectivity index (χ0n) is 10.5. The number of methoxy groups -OCH3 is 1. The molecule has 0 amide bonds. The second-order valence-electron chi connectivity index (χ2n) is 4.82. The van der Waals surface area contributed by atoms with Crippen molar-refractivity contribution in [3.05, 3.63) is 0 Å². The molecule has 0 saturated carbocycles. The van der Waals surface area contributed by atoms with E-state index in [4.69, 9.17) is 9.47 Å². The summed E-state index contributed by atoms with van der Waals surface area (Å²) >= 11 is 0. The van der Waals surface area contributed by atoms with Gasteiger partial charge in [-0.2, -0.15) is 0 Å². The van der Waals surface area contributed by atoms with E-state index in [0.29, 0.717) is 19.1 Å². The second-order valence-corrected chi connectivity index (χ2v) is 4.82. The molecule has 2 fully saturated rings. The van der Waals surface area contributed by atoms with E-state index in [1.807, 2.05) is 0 Å². The van der Waals surface area contributed by atoms with E-state index < -0.39 is 0 Å². The van der Waals surface area contributed by atoms with E-state index in [0.717, 1.165) is 26.2 Å². The highest BCUT2D eigenvalue weighted by molar-refractivity contribution is 5.75. The molecule has 2 unspecified atom stereocenters. The van der Waals surface area contributed by atoms with E-state index in [1.165, 1.54) is 20.0 Å². The average molecular weight is 242 g/mol. The van der Waals surface area contributed by atoms with Gasteiger partial charge in [0.2, 0.25) is 0 Å². The molecule has 17 heavy (non-hydrogen) atoms. The van der Waals surface area contributed by atoms with E-state index >= 15 is 0 Å². The predicted octanol–water partition coefficient (Wildman–Crippen LogP) is -0.140. The Labute approximate surface area is 102 Å². The molecule has 0 spiro atoms. The molecule has 5 heteroatoms. The molecule has 2 saturated heterocycles. The molecule has 0 aromatic carbocycles. The highest BCUT2D eigenvalue weighted by Crippen LogP contribution is 2.16. The highest BCUT2D eigenvalue weighted by Gasteiger charge is 2.31. The number of esters is 1. The monoisotopic (exact) mass is 242 g/mol. The molecule has 2 atom stereocenters. The van der Waals surface area contributed by atoms with E-state index in [1.54, 1.807) is 0 Å². The first-order chi connectivity index (χ1) is 8.31. The summed E-state index contributed by atoms with van der Waals surface area (Å²) in [6.07, 6.45) is 2.48. The average Bonchev–Trinajstić information content (AvgIpc) is 2.40. The van der Waals surface area contributed by atoms with Gasteiger partial charge in [-0.15, -0.1) is 0 Å². The van der Waals surface area contributed by atoms with Crippen molar-refractivity contribution in [1.82, 2.24) is 10.2 Å². The zero-order chi connectivity index (χ0) is 12.1. The Morgan fingerprint density at radius 3 is 3.18 bits per heavy atom. The van der Waals surface area contributed by atoms with Gasteiger partial charge in [0.05, 0.1) is 20.3 Å². The van der Waals surface area contributed by atoms with Crippen LogP contribution in [0.25, 0.3) is 0 Å². The minimum absolute atomic E-state index is 0.173. The quantitative estimate of drug-likeness (QED) is 0.698. The summed E-state index contributed by atoms with van der Waals surface area (Å²) in [7, 11) is 1.44. The molecule has 0 bridgehead atoms. The molecule has 0 aromatic heterocycles. The van der Waals surface area contributed by atoms with Gasteiger partial charge in [-0.25, -0.2) is 0 Å². The van der Waals surface area contributed by atoms with Crippen molar-refractivity contribution in [1.29, 1.82) is 0 Å². The van der Waals surface area contributed by atoms with Gasteiger partial charge in [-0.1, -0.05) is 0 Å². The summed E-state index contributed by atoms with van der Waals surface area (Å²) in [6.45, 7) is 5.16. The van der Waals surface area contributed by atoms with Gasteiger partial charge >= 0.3 is 5.97 Å². The number of ether oxygens (including phenoxy) is 2. The van der Waals surface area contributed by atoms with Gasteiger partial charge in [-0.3, -0.25) is 9.69 Å². The van der Waals surface area contributed by atoms with E-state index in [2.05, 4.69) is 10.2 Å². The molecule has 5 nitrogen and oxygen atoms in total. The van der Waals surface area contributed by atoms with Crippen LogP contribution in [0.15, 0.2) is 0 Å². The molecule has 2 rings (SSSR count). The summed E-state index contributed by atoms with van der Waals surface area (Å²) in [6, 6.07) is -0.212. The summed E-state index contributed by atoms with van der Waals surface area (Å²) in [5.41, 5.74) is 0. The van der Waals surface area contributed by atoms with E-state index in [9.17, 15) is 4.79 Å². The van der Waals surface area contributed by atoms with Gasteiger partial charge in [0.1, 0.15) is 6.04 Å². The number of hydrogen-bond acceptors (Lipinski definition) is 5. The Hall–Kier alpha value is -0.650. The van der Waals surface area contributed by atoms with Gasteiger partial charge in [0, 0.05) is 13.1 Å². The first kappa shape index (κ1) is 12.8. The zero-order valence-corrected chi connectivity index (χ0v) is 10.5. The maximum absolute atomic E-state index is 11.7. The van der Waals surface area contributed by atoms with Crippen LogP contribution in [0.2, 0.25) is 0 Å². The summed E-state index contributed by atoms with van der Waals surface area (Å²) in [5.74, 6) is 0.475. The van der Waals surface area contributed by atoms with E-state index in [-0.39, 0.29) is 12.0 Å². The van der Waals surface area contributed by atoms with Crippen molar-refractivity contribution in [2.45, 2.75) is 18.9 Å². The van der Waals surface area contributed by atoms with Crippen molar-refractivity contribution >= 4 is 5.97 Å². The Morgan fingerprint density at radius 1 is 1.59 bits per heavy atom. The third-order valence-electron chi connectivity index (χ3n) is 3.60. The second kappa shape index (κ2) is 6.33. The lowest BCUT2D eigenvalue weighted by molar-refractivity contribution is -0.153. The Kier molecular flexibility index (Phi) is 4.76. The number of carbonyl (C=O) groups excluding carboxylic acids is 1. The van der Waals surface area contributed by atoms with Gasteiger partial charge in [0.25, 0.3) is 0 Å². The SMILES string of the molecule is COC(=O)C1COCCN1CC1CCCNC1. The lowest BCUT2D eigenvalue weighted by Crippen LogP contribution is -2.53. The molecule has 98 valence electrons. The van der Waals surface area contributed by atoms with Gasteiger partial charge in [-0.05, 0) is 31.8 Å². The van der Waals surface area contributed by atoms with Gasteiger partial charge < -0.3 is 14.8 Å². The molecule has 2 aliphatic heterocycles. The predicted molar refractivity (Wildman–Crippen MR) is 63.8 cm³/mol. The minimum Gasteiger partial charge on any atom is -0.468 e. The molecule has 0 radical (unpaired) electrons. The van der Waals surface area contributed by atoms with Crippen molar-refractivity contribution < 1.29 is 14.3 Å². The first-order valence-electron chi connectivity index (χ1n) is 6.41. The van der Waals surface area contributed by atoms with Crippen LogP contribution in [0.5, 0.6) is 0 Å². The molecule has 0 aliphatic carbocycles. The van der Waals surface area contributed by atoms with Crippen molar-refractivity contribution in [2.24, 2.45) is 5.92 Å². The van der Waals surface area contributed by atoms with Crippen molar-refractivity contribution in [2.75, 3.05) is 46.5 Å². The van der Waals surface area contributed by atoms with Crippen LogP contribution in [-0.4, -0.2) is 63.4 Å². The van der Waals surface area contributed by atoms with Crippen molar-refractivity contribution in [3.63, 3.8) is 0 Å². The molecular weight excluding hydrogens is 220 g/mol. The largest absolute Gasteiger partial charge is 0.468 e. The fraction of sp³-hybridized carbons (Fsp3) is 0.917. The molecule has 1 N–H and O–H groups in total. The number of morpholine rings is 1. The minimum atomic E-state index is -0.212. The number of nitrogens with zero attached hydrogens (tertiary/aromatic N) is 1. The number of rotatable bonds is 3. The number of piperidine rings is 1. The Bertz CT molecular complexity index is 254. The Balaban J connectivity index is 1.88. The molecule has 0 aromatic rings. The lowest BCUT2D eigenvalue weighted by atomic mass is 9.98. The first-order valence-corrected chi connectivity index (χ1v) is 6.41. The van der Waals surface area contributed by atoms with Crippen LogP contribution in [0.3, 0.4) is 0 Å². The normalized spacial score (nSPS) is 31.1. The fourth-order valence-corrected chi connectivity index (χ4v) is 2.62. The van der Waals surface area contributed by atoms with Crippen molar-refractivity contribution in [3.8, 4) is 0 Å². The maximum Gasteiger partial charge on any atom is 0.325 e. The molecule has 2 aliphatic rings. The number of carbonyl (C=O) groups is 1. The Morgan fingerprint density at radius 2 is 2.47 bits per heavy atom. The topological polar surface area (TPSA) is 50.8 Å². The maximum atomic E-state index is 11.7. The lowest BCUT2D eigenvalue weighted by Gasteiger charge is -2.37. The summed E-state index contributed by atoms with van der Waals surface area (Å²) < 4.78 is 10.2. The van der Waals surface area contributed by atoms with Crippen LogP contribution in [0, 0.1) is 5.92 Å². The summed E-state index contributed by atoms with van der Waals surface area (Å²) in [5, 5.41) is 3.41. The third-order valence-corrected chi connectivity index (χ3v) is 3.60. The van der Waals surface area contributed by atoms with Crippen LogP contribution in [-0.2, 0) is 14.3 Å². The van der Waals surface area contributed by atoms with Crippen LogP contribution in [0.1, 0.15) is 12.8 Å². The number of nitrogens with one attached hydrogen (secondary N) is 1. The molecular formula is C12H22N2O3. The van der Waals surface area contributed by atoms with Crippen LogP contribution < -0.4 is 5.32 Å². The summed E-state index contributed by atoms with van der Waals surface area (Å²) in [4.78, 5) is 13.9. The third kappa shape index (κ3) is 3.40. The van der Waals surface area contributed by atoms with Crippen LogP contribution >= 0.6 is 0 Å². The fourth-order valence-electron chi connectivity index (χ4n) is 2.62. The highest BCUT2D eigenvalue weighted by atomic mass is 16.5. The van der Waals surface area contributed by atoms with Crippen LogP contribution in [0.4, 0.5) is 0 Å². The molecule has 2 heterocycles. The smallest absolute Gasteiger partial charge is 0.325 e.